The third-order valence-electron chi connectivity index (χ3n) is 4.33. The van der Waals surface area contributed by atoms with Gasteiger partial charge in [0.25, 0.3) is 5.56 Å². The van der Waals surface area contributed by atoms with Gasteiger partial charge in [0, 0.05) is 31.1 Å². The molecule has 0 fully saturated rings. The largest absolute Gasteiger partial charge is 0.508 e. The average molecular weight is 358 g/mol. The highest BCUT2D eigenvalue weighted by molar-refractivity contribution is 6.31. The first-order valence-corrected chi connectivity index (χ1v) is 8.33. The molecule has 0 unspecified atom stereocenters. The summed E-state index contributed by atoms with van der Waals surface area (Å²) in [7, 11) is 0. The van der Waals surface area contributed by atoms with Crippen molar-refractivity contribution in [3.8, 4) is 17.3 Å². The molecule has 1 aliphatic rings. The van der Waals surface area contributed by atoms with Gasteiger partial charge in [-0.2, -0.15) is 0 Å². The summed E-state index contributed by atoms with van der Waals surface area (Å²) in [6, 6.07) is 8.47. The van der Waals surface area contributed by atoms with E-state index in [0.29, 0.717) is 41.7 Å². The molecule has 0 aliphatic carbocycles. The first-order chi connectivity index (χ1) is 12.1. The second-order valence-electron chi connectivity index (χ2n) is 6.05. The molecule has 0 atom stereocenters. The number of fused-ring (bicyclic) bond motifs is 1. The summed E-state index contributed by atoms with van der Waals surface area (Å²) in [5, 5.41) is 9.97. The maximum absolute atomic E-state index is 12.5. The average Bonchev–Trinajstić information content (AvgIpc) is 3.12. The van der Waals surface area contributed by atoms with Crippen LogP contribution in [0.4, 0.5) is 0 Å². The van der Waals surface area contributed by atoms with Gasteiger partial charge in [-0.1, -0.05) is 17.7 Å². The number of benzene rings is 1. The van der Waals surface area contributed by atoms with Crippen molar-refractivity contribution in [3.05, 3.63) is 68.8 Å². The summed E-state index contributed by atoms with van der Waals surface area (Å²) < 4.78 is 5.31. The molecule has 3 heterocycles. The summed E-state index contributed by atoms with van der Waals surface area (Å²) in [5.74, 6) is 1.16. The lowest BCUT2D eigenvalue weighted by Crippen LogP contribution is -2.35. The number of nitrogens with one attached hydrogen (secondary N) is 1. The first kappa shape index (κ1) is 15.9. The van der Waals surface area contributed by atoms with E-state index in [1.807, 2.05) is 0 Å². The van der Waals surface area contributed by atoms with E-state index in [-0.39, 0.29) is 11.3 Å². The lowest BCUT2D eigenvalue weighted by molar-refractivity contribution is 0.242. The Balaban J connectivity index is 1.58. The summed E-state index contributed by atoms with van der Waals surface area (Å²) in [6.07, 6.45) is 2.24. The van der Waals surface area contributed by atoms with E-state index >= 15 is 0 Å². The fraction of sp³-hybridized carbons (Fsp3) is 0.222. The molecule has 1 aliphatic heterocycles. The zero-order valence-corrected chi connectivity index (χ0v) is 14.1. The Hall–Kier alpha value is -2.57. The van der Waals surface area contributed by atoms with Crippen molar-refractivity contribution in [2.45, 2.75) is 19.5 Å². The molecule has 2 N–H and O–H groups in total. The molecular weight excluding hydrogens is 342 g/mol. The highest BCUT2D eigenvalue weighted by Crippen LogP contribution is 2.25. The number of furan rings is 1. The van der Waals surface area contributed by atoms with Crippen LogP contribution in [0.15, 0.2) is 45.8 Å². The topological polar surface area (TPSA) is 82.4 Å². The van der Waals surface area contributed by atoms with Crippen LogP contribution in [0, 0.1) is 0 Å². The summed E-state index contributed by atoms with van der Waals surface area (Å²) >= 11 is 6.18. The number of halogens is 1. The normalized spacial score (nSPS) is 14.4. The quantitative estimate of drug-likeness (QED) is 0.753. The SMILES string of the molecule is O=c1[nH]c(-c2ccco2)nc2c1CN(Cc1ccc(O)cc1Cl)CC2. The maximum Gasteiger partial charge on any atom is 0.256 e. The molecule has 0 radical (unpaired) electrons. The van der Waals surface area contributed by atoms with E-state index in [9.17, 15) is 9.90 Å². The van der Waals surface area contributed by atoms with E-state index < -0.39 is 0 Å². The van der Waals surface area contributed by atoms with E-state index in [1.165, 1.54) is 6.07 Å². The maximum atomic E-state index is 12.5. The van der Waals surface area contributed by atoms with Gasteiger partial charge >= 0.3 is 0 Å². The van der Waals surface area contributed by atoms with Crippen molar-refractivity contribution in [1.82, 2.24) is 14.9 Å². The van der Waals surface area contributed by atoms with Crippen LogP contribution in [0.25, 0.3) is 11.6 Å². The standard InChI is InChI=1S/C18H16ClN3O3/c19-14-8-12(23)4-3-11(14)9-22-6-5-15-13(10-22)18(24)21-17(20-15)16-2-1-7-25-16/h1-4,7-8,23H,5-6,9-10H2,(H,20,21,24). The molecule has 0 saturated carbocycles. The van der Waals surface area contributed by atoms with Crippen molar-refractivity contribution in [1.29, 1.82) is 0 Å². The molecule has 0 saturated heterocycles. The monoisotopic (exact) mass is 357 g/mol. The lowest BCUT2D eigenvalue weighted by atomic mass is 10.1. The van der Waals surface area contributed by atoms with E-state index in [0.717, 1.165) is 17.8 Å². The Bertz CT molecular complexity index is 966. The second-order valence-corrected chi connectivity index (χ2v) is 6.46. The Kier molecular flexibility index (Phi) is 4.07. The molecule has 2 aromatic heterocycles. The molecule has 7 heteroatoms. The van der Waals surface area contributed by atoms with Crippen LogP contribution in [0.2, 0.25) is 5.02 Å². The lowest BCUT2D eigenvalue weighted by Gasteiger charge is -2.28. The number of hydrogen-bond acceptors (Lipinski definition) is 5. The zero-order valence-electron chi connectivity index (χ0n) is 13.3. The molecule has 3 aromatic rings. The van der Waals surface area contributed by atoms with Crippen LogP contribution < -0.4 is 5.56 Å². The minimum absolute atomic E-state index is 0.141. The fourth-order valence-electron chi connectivity index (χ4n) is 3.05. The van der Waals surface area contributed by atoms with E-state index in [1.54, 1.807) is 30.5 Å². The molecule has 0 spiro atoms. The third-order valence-corrected chi connectivity index (χ3v) is 4.68. The number of aromatic nitrogens is 2. The van der Waals surface area contributed by atoms with Crippen LogP contribution in [0.5, 0.6) is 5.75 Å². The van der Waals surface area contributed by atoms with Gasteiger partial charge in [-0.05, 0) is 29.8 Å². The number of phenolic OH excluding ortho intramolecular Hbond substituents is 1. The Morgan fingerprint density at radius 2 is 2.24 bits per heavy atom. The van der Waals surface area contributed by atoms with Crippen LogP contribution >= 0.6 is 11.6 Å². The van der Waals surface area contributed by atoms with Gasteiger partial charge in [0.15, 0.2) is 11.6 Å². The highest BCUT2D eigenvalue weighted by Gasteiger charge is 2.22. The van der Waals surface area contributed by atoms with Crippen molar-refractivity contribution in [3.63, 3.8) is 0 Å². The van der Waals surface area contributed by atoms with E-state index in [2.05, 4.69) is 14.9 Å². The van der Waals surface area contributed by atoms with Crippen molar-refractivity contribution < 1.29 is 9.52 Å². The van der Waals surface area contributed by atoms with Crippen LogP contribution in [0.3, 0.4) is 0 Å². The van der Waals surface area contributed by atoms with Crippen LogP contribution in [-0.4, -0.2) is 26.5 Å². The van der Waals surface area contributed by atoms with Gasteiger partial charge in [-0.3, -0.25) is 9.69 Å². The summed E-state index contributed by atoms with van der Waals surface area (Å²) in [5.41, 5.74) is 2.26. The molecule has 6 nitrogen and oxygen atoms in total. The first-order valence-electron chi connectivity index (χ1n) is 7.96. The molecular formula is C18H16ClN3O3. The van der Waals surface area contributed by atoms with Gasteiger partial charge < -0.3 is 14.5 Å². The predicted octanol–water partition coefficient (Wildman–Crippen LogP) is 2.95. The molecule has 1 aromatic carbocycles. The Morgan fingerprint density at radius 1 is 1.36 bits per heavy atom. The number of rotatable bonds is 3. The molecule has 4 rings (SSSR count). The Labute approximate surface area is 148 Å². The minimum atomic E-state index is -0.141. The van der Waals surface area contributed by atoms with Gasteiger partial charge in [-0.15, -0.1) is 0 Å². The minimum Gasteiger partial charge on any atom is -0.508 e. The summed E-state index contributed by atoms with van der Waals surface area (Å²) in [4.78, 5) is 22.0. The molecule has 0 amide bonds. The molecule has 0 bridgehead atoms. The second kappa shape index (κ2) is 6.38. The van der Waals surface area contributed by atoms with Gasteiger partial charge in [-0.25, -0.2) is 4.98 Å². The zero-order chi connectivity index (χ0) is 17.4. The third kappa shape index (κ3) is 3.18. The van der Waals surface area contributed by atoms with Gasteiger partial charge in [0.2, 0.25) is 0 Å². The van der Waals surface area contributed by atoms with Crippen LogP contribution in [-0.2, 0) is 19.5 Å². The van der Waals surface area contributed by atoms with Gasteiger partial charge in [0.1, 0.15) is 5.75 Å². The fourth-order valence-corrected chi connectivity index (χ4v) is 3.29. The number of aromatic amines is 1. The van der Waals surface area contributed by atoms with E-state index in [4.69, 9.17) is 16.0 Å². The number of nitrogens with zero attached hydrogens (tertiary/aromatic N) is 2. The molecule has 128 valence electrons. The number of H-pyrrole nitrogens is 1. The Morgan fingerprint density at radius 3 is 3.00 bits per heavy atom. The predicted molar refractivity (Wildman–Crippen MR) is 93.5 cm³/mol. The van der Waals surface area contributed by atoms with Crippen molar-refractivity contribution >= 4 is 11.6 Å². The van der Waals surface area contributed by atoms with Crippen molar-refractivity contribution in [2.75, 3.05) is 6.54 Å². The number of phenols is 1. The number of hydrogen-bond donors (Lipinski definition) is 2. The molecule has 25 heavy (non-hydrogen) atoms. The van der Waals surface area contributed by atoms with Crippen molar-refractivity contribution in [2.24, 2.45) is 0 Å². The number of aromatic hydroxyl groups is 1. The highest BCUT2D eigenvalue weighted by atomic mass is 35.5. The smallest absolute Gasteiger partial charge is 0.256 e. The van der Waals surface area contributed by atoms with Crippen LogP contribution in [0.1, 0.15) is 16.8 Å². The van der Waals surface area contributed by atoms with Gasteiger partial charge in [0.05, 0.1) is 17.5 Å². The summed E-state index contributed by atoms with van der Waals surface area (Å²) in [6.45, 7) is 1.89.